The third kappa shape index (κ3) is 4.58. The molecule has 0 saturated heterocycles. The van der Waals surface area contributed by atoms with Gasteiger partial charge in [0, 0.05) is 12.1 Å². The smallest absolute Gasteiger partial charge is 0.478 e. The van der Waals surface area contributed by atoms with Crippen LogP contribution in [0.2, 0.25) is 0 Å². The summed E-state index contributed by atoms with van der Waals surface area (Å²) in [5, 5.41) is 25.2. The number of carboxylic acid groups (broad SMARTS) is 1. The van der Waals surface area contributed by atoms with Crippen LogP contribution in [0, 0.1) is 5.41 Å². The molecule has 4 rings (SSSR count). The molecule has 0 fully saturated rings. The fourth-order valence-corrected chi connectivity index (χ4v) is 3.98. The number of carboxylic acids is 1. The van der Waals surface area contributed by atoms with Crippen molar-refractivity contribution in [2.75, 3.05) is 0 Å². The Kier molecular flexibility index (Phi) is 5.23. The highest BCUT2D eigenvalue weighted by atomic mass is 32.1. The Bertz CT molecular complexity index is 1310. The molecular weight excluding hydrogens is 435 g/mol. The van der Waals surface area contributed by atoms with Crippen LogP contribution in [0.4, 0.5) is 13.2 Å². The van der Waals surface area contributed by atoms with E-state index < -0.39 is 12.3 Å². The Labute approximate surface area is 176 Å². The Morgan fingerprint density at radius 1 is 1.16 bits per heavy atom. The molecule has 0 spiro atoms. The predicted octanol–water partition coefficient (Wildman–Crippen LogP) is 3.74. The van der Waals surface area contributed by atoms with E-state index in [1.165, 1.54) is 30.3 Å². The van der Waals surface area contributed by atoms with Crippen LogP contribution in [0.1, 0.15) is 10.4 Å². The number of fused-ring (bicyclic) bond motifs is 1. The summed E-state index contributed by atoms with van der Waals surface area (Å²) in [6, 6.07) is 10.2. The number of nitrogens with zero attached hydrogens (tertiary/aromatic N) is 4. The number of hydrogen-bond acceptors (Lipinski definition) is 6. The molecule has 0 aliphatic heterocycles. The highest BCUT2D eigenvalue weighted by Crippen LogP contribution is 2.28. The van der Waals surface area contributed by atoms with Gasteiger partial charge in [0.15, 0.2) is 4.80 Å². The van der Waals surface area contributed by atoms with Crippen LogP contribution in [-0.2, 0) is 13.1 Å². The van der Waals surface area contributed by atoms with Crippen LogP contribution in [0.3, 0.4) is 0 Å². The molecule has 2 N–H and O–H groups in total. The number of alkyl halides is 3. The molecule has 0 aliphatic rings. The molecule has 12 heteroatoms. The van der Waals surface area contributed by atoms with Gasteiger partial charge in [-0.25, -0.2) is 4.79 Å². The Morgan fingerprint density at radius 3 is 2.58 bits per heavy atom. The normalized spacial score (nSPS) is 11.7. The van der Waals surface area contributed by atoms with Crippen molar-refractivity contribution in [1.29, 1.82) is 5.41 Å². The van der Waals surface area contributed by atoms with E-state index in [1.54, 1.807) is 27.6 Å². The fourth-order valence-electron chi connectivity index (χ4n) is 3.01. The van der Waals surface area contributed by atoms with E-state index in [4.69, 9.17) is 10.5 Å². The van der Waals surface area contributed by atoms with Crippen molar-refractivity contribution >= 4 is 27.5 Å². The summed E-state index contributed by atoms with van der Waals surface area (Å²) < 4.78 is 44.9. The van der Waals surface area contributed by atoms with Crippen LogP contribution in [0.15, 0.2) is 48.7 Å². The van der Waals surface area contributed by atoms with Crippen LogP contribution >= 0.6 is 11.3 Å². The summed E-state index contributed by atoms with van der Waals surface area (Å²) in [7, 11) is 0. The van der Waals surface area contributed by atoms with E-state index >= 15 is 0 Å². The SMILES string of the molecule is N=c1sc2cc(OC(F)(F)F)ccc2n1CCn1cc(-c2ccc(C(=O)O)cc2)nn1. The molecule has 31 heavy (non-hydrogen) atoms. The molecule has 8 nitrogen and oxygen atoms in total. The molecule has 2 aromatic heterocycles. The molecule has 0 radical (unpaired) electrons. The van der Waals surface area contributed by atoms with Gasteiger partial charge in [-0.2, -0.15) is 0 Å². The van der Waals surface area contributed by atoms with Gasteiger partial charge in [-0.1, -0.05) is 28.7 Å². The van der Waals surface area contributed by atoms with E-state index in [9.17, 15) is 18.0 Å². The van der Waals surface area contributed by atoms with Crippen LogP contribution < -0.4 is 9.54 Å². The lowest BCUT2D eigenvalue weighted by Crippen LogP contribution is -2.17. The zero-order valence-electron chi connectivity index (χ0n) is 15.6. The van der Waals surface area contributed by atoms with E-state index in [-0.39, 0.29) is 16.1 Å². The summed E-state index contributed by atoms with van der Waals surface area (Å²) >= 11 is 1.05. The van der Waals surface area contributed by atoms with Crippen molar-refractivity contribution in [3.63, 3.8) is 0 Å². The molecule has 0 amide bonds. The van der Waals surface area contributed by atoms with Gasteiger partial charge < -0.3 is 14.4 Å². The first-order valence-corrected chi connectivity index (χ1v) is 9.69. The van der Waals surface area contributed by atoms with Gasteiger partial charge in [-0.05, 0) is 30.3 Å². The minimum absolute atomic E-state index is 0.170. The number of halogens is 3. The maximum Gasteiger partial charge on any atom is 0.573 e. The zero-order chi connectivity index (χ0) is 22.2. The van der Waals surface area contributed by atoms with Gasteiger partial charge in [0.1, 0.15) is 11.4 Å². The fraction of sp³-hybridized carbons (Fsp3) is 0.158. The maximum atomic E-state index is 12.4. The summed E-state index contributed by atoms with van der Waals surface area (Å²) in [5.41, 5.74) is 2.07. The summed E-state index contributed by atoms with van der Waals surface area (Å²) in [6.45, 7) is 0.739. The highest BCUT2D eigenvalue weighted by Gasteiger charge is 2.31. The second-order valence-corrected chi connectivity index (χ2v) is 7.52. The number of carbonyl (C=O) groups is 1. The van der Waals surface area contributed by atoms with Gasteiger partial charge >= 0.3 is 12.3 Å². The van der Waals surface area contributed by atoms with Gasteiger partial charge in [0.05, 0.1) is 28.5 Å². The molecule has 0 aliphatic carbocycles. The van der Waals surface area contributed by atoms with Crippen molar-refractivity contribution in [1.82, 2.24) is 19.6 Å². The molecule has 0 unspecified atom stereocenters. The van der Waals surface area contributed by atoms with E-state index in [2.05, 4.69) is 15.0 Å². The molecule has 2 heterocycles. The number of rotatable bonds is 6. The lowest BCUT2D eigenvalue weighted by molar-refractivity contribution is -0.274. The summed E-state index contributed by atoms with van der Waals surface area (Å²) in [5.74, 6) is -1.35. The van der Waals surface area contributed by atoms with Crippen LogP contribution in [0.25, 0.3) is 21.5 Å². The van der Waals surface area contributed by atoms with Crippen LogP contribution in [0.5, 0.6) is 5.75 Å². The number of nitrogens with one attached hydrogen (secondary N) is 1. The van der Waals surface area contributed by atoms with Crippen LogP contribution in [-0.4, -0.2) is 37.0 Å². The number of aromatic carboxylic acids is 1. The average molecular weight is 449 g/mol. The first kappa shape index (κ1) is 20.6. The van der Waals surface area contributed by atoms with E-state index in [1.807, 2.05) is 0 Å². The maximum absolute atomic E-state index is 12.4. The molecule has 4 aromatic rings. The zero-order valence-corrected chi connectivity index (χ0v) is 16.4. The minimum atomic E-state index is -4.77. The second-order valence-electron chi connectivity index (χ2n) is 6.49. The second kappa shape index (κ2) is 7.87. The molecule has 0 saturated carbocycles. The third-order valence-corrected chi connectivity index (χ3v) is 5.39. The third-order valence-electron chi connectivity index (χ3n) is 4.43. The van der Waals surface area contributed by atoms with E-state index in [0.29, 0.717) is 34.6 Å². The first-order chi connectivity index (χ1) is 14.7. The van der Waals surface area contributed by atoms with Crippen molar-refractivity contribution in [3.05, 3.63) is 59.0 Å². The number of aryl methyl sites for hydroxylation is 2. The number of hydrogen-bond donors (Lipinski definition) is 2. The number of aromatic nitrogens is 4. The molecular formula is C19H14F3N5O3S. The molecule has 0 atom stereocenters. The topological polar surface area (TPSA) is 106 Å². The first-order valence-electron chi connectivity index (χ1n) is 8.87. The minimum Gasteiger partial charge on any atom is -0.478 e. The van der Waals surface area contributed by atoms with E-state index in [0.717, 1.165) is 11.3 Å². The Hall–Kier alpha value is -3.67. The van der Waals surface area contributed by atoms with Crippen molar-refractivity contribution in [3.8, 4) is 17.0 Å². The molecule has 2 aromatic carbocycles. The lowest BCUT2D eigenvalue weighted by Gasteiger charge is -2.09. The Balaban J connectivity index is 1.50. The van der Waals surface area contributed by atoms with Crippen molar-refractivity contribution in [2.24, 2.45) is 0 Å². The van der Waals surface area contributed by atoms with Crippen molar-refractivity contribution < 1.29 is 27.8 Å². The van der Waals surface area contributed by atoms with Crippen molar-refractivity contribution in [2.45, 2.75) is 19.5 Å². The molecule has 0 bridgehead atoms. The lowest BCUT2D eigenvalue weighted by atomic mass is 10.1. The monoisotopic (exact) mass is 449 g/mol. The quantitative estimate of drug-likeness (QED) is 0.467. The average Bonchev–Trinajstić information content (AvgIpc) is 3.28. The van der Waals surface area contributed by atoms with Gasteiger partial charge in [-0.3, -0.25) is 10.1 Å². The Morgan fingerprint density at radius 2 is 1.90 bits per heavy atom. The van der Waals surface area contributed by atoms with Gasteiger partial charge in [0.2, 0.25) is 0 Å². The predicted molar refractivity (Wildman–Crippen MR) is 105 cm³/mol. The van der Waals surface area contributed by atoms with Gasteiger partial charge in [-0.15, -0.1) is 18.3 Å². The number of ether oxygens (including phenoxy) is 1. The summed E-state index contributed by atoms with van der Waals surface area (Å²) in [6.07, 6.45) is -3.08. The highest BCUT2D eigenvalue weighted by molar-refractivity contribution is 7.16. The van der Waals surface area contributed by atoms with Gasteiger partial charge in [0.25, 0.3) is 0 Å². The summed E-state index contributed by atoms with van der Waals surface area (Å²) in [4.78, 5) is 11.1. The molecule has 160 valence electrons. The number of thiazole rings is 1. The standard InChI is InChI=1S/C19H14F3N5O3S/c20-19(21,22)30-13-5-6-15-16(9-13)31-18(23)27(15)8-7-26-10-14(24-25-26)11-1-3-12(4-2-11)17(28)29/h1-6,9-10,23H,7-8H2,(H,28,29). The largest absolute Gasteiger partial charge is 0.573 e. The number of benzene rings is 2.